The molecule has 2 aromatic rings. The quantitative estimate of drug-likeness (QED) is 0.850. The van der Waals surface area contributed by atoms with Gasteiger partial charge >= 0.3 is 0 Å². The van der Waals surface area contributed by atoms with Crippen molar-refractivity contribution < 1.29 is 0 Å². The zero-order chi connectivity index (χ0) is 19.8. The first-order chi connectivity index (χ1) is 14.1. The van der Waals surface area contributed by atoms with Gasteiger partial charge in [-0.2, -0.15) is 0 Å². The van der Waals surface area contributed by atoms with Crippen LogP contribution in [0, 0.1) is 12.3 Å². The van der Waals surface area contributed by atoms with E-state index in [1.807, 2.05) is 0 Å². The molecule has 0 bridgehead atoms. The van der Waals surface area contributed by atoms with E-state index in [1.165, 1.54) is 30.5 Å². The van der Waals surface area contributed by atoms with E-state index in [0.717, 1.165) is 75.5 Å². The van der Waals surface area contributed by atoms with Crippen molar-refractivity contribution in [2.75, 3.05) is 37.6 Å². The molecular formula is C24H32N4O. The van der Waals surface area contributed by atoms with E-state index in [2.05, 4.69) is 46.0 Å². The van der Waals surface area contributed by atoms with Crippen molar-refractivity contribution in [2.24, 2.45) is 5.41 Å². The van der Waals surface area contributed by atoms with Crippen LogP contribution in [-0.2, 0) is 19.3 Å². The number of hydrogen-bond acceptors (Lipinski definition) is 4. The summed E-state index contributed by atoms with van der Waals surface area (Å²) in [5.41, 5.74) is 5.31. The SMILES string of the molecule is Cc1cccc(N2CCN(CCCc3nc4c(c(=O)[nH]3)CC3(CC4)CC3)CC2)c1. The lowest BCUT2D eigenvalue weighted by molar-refractivity contribution is 0.254. The van der Waals surface area contributed by atoms with Crippen LogP contribution >= 0.6 is 0 Å². The van der Waals surface area contributed by atoms with Gasteiger partial charge in [-0.05, 0) is 75.1 Å². The highest BCUT2D eigenvalue weighted by molar-refractivity contribution is 5.48. The maximum absolute atomic E-state index is 12.5. The molecule has 154 valence electrons. The minimum atomic E-state index is 0.128. The Bertz CT molecular complexity index is 938. The predicted octanol–water partition coefficient (Wildman–Crippen LogP) is 3.10. The summed E-state index contributed by atoms with van der Waals surface area (Å²) in [6, 6.07) is 8.79. The van der Waals surface area contributed by atoms with Crippen LogP contribution in [-0.4, -0.2) is 47.6 Å². The van der Waals surface area contributed by atoms with Crippen LogP contribution in [0.15, 0.2) is 29.1 Å². The van der Waals surface area contributed by atoms with Crippen LogP contribution in [0.4, 0.5) is 5.69 Å². The smallest absolute Gasteiger partial charge is 0.254 e. The zero-order valence-corrected chi connectivity index (χ0v) is 17.5. The second kappa shape index (κ2) is 7.60. The summed E-state index contributed by atoms with van der Waals surface area (Å²) < 4.78 is 0. The molecule has 1 spiro atoms. The van der Waals surface area contributed by atoms with Gasteiger partial charge in [-0.15, -0.1) is 0 Å². The average Bonchev–Trinajstić information content (AvgIpc) is 3.48. The lowest BCUT2D eigenvalue weighted by Gasteiger charge is -2.36. The fraction of sp³-hybridized carbons (Fsp3) is 0.583. The van der Waals surface area contributed by atoms with Gasteiger partial charge in [0.15, 0.2) is 0 Å². The highest BCUT2D eigenvalue weighted by Crippen LogP contribution is 2.53. The fourth-order valence-corrected chi connectivity index (χ4v) is 5.08. The Morgan fingerprint density at radius 3 is 2.72 bits per heavy atom. The van der Waals surface area contributed by atoms with Gasteiger partial charge in [0.05, 0.1) is 5.69 Å². The van der Waals surface area contributed by atoms with E-state index >= 15 is 0 Å². The highest BCUT2D eigenvalue weighted by atomic mass is 16.1. The summed E-state index contributed by atoms with van der Waals surface area (Å²) >= 11 is 0. The number of aryl methyl sites for hydroxylation is 3. The van der Waals surface area contributed by atoms with Gasteiger partial charge in [0.1, 0.15) is 5.82 Å². The molecule has 5 nitrogen and oxygen atoms in total. The number of nitrogens with one attached hydrogen (secondary N) is 1. The standard InChI is InChI=1S/C24H32N4O/c1-18-4-2-5-19(16-18)28-14-12-27(13-15-28)11-3-6-22-25-21-7-8-24(9-10-24)17-20(21)23(29)26-22/h2,4-5,16H,3,6-15,17H2,1H3,(H,25,26,29). The predicted molar refractivity (Wildman–Crippen MR) is 117 cm³/mol. The molecule has 2 aliphatic carbocycles. The van der Waals surface area contributed by atoms with Gasteiger partial charge in [0.25, 0.3) is 5.56 Å². The van der Waals surface area contributed by atoms with Crippen molar-refractivity contribution in [3.05, 3.63) is 57.3 Å². The molecule has 1 aliphatic heterocycles. The maximum Gasteiger partial charge on any atom is 0.254 e. The molecule has 5 heteroatoms. The highest BCUT2D eigenvalue weighted by Gasteiger charge is 2.45. The van der Waals surface area contributed by atoms with E-state index in [4.69, 9.17) is 4.98 Å². The van der Waals surface area contributed by atoms with Crippen LogP contribution in [0.5, 0.6) is 0 Å². The number of anilines is 1. The molecule has 0 atom stereocenters. The summed E-state index contributed by atoms with van der Waals surface area (Å²) in [6.45, 7) is 7.60. The van der Waals surface area contributed by atoms with Crippen molar-refractivity contribution in [2.45, 2.75) is 51.9 Å². The first kappa shape index (κ1) is 18.9. The number of aromatic nitrogens is 2. The third-order valence-corrected chi connectivity index (χ3v) is 7.18. The number of piperazine rings is 1. The second-order valence-electron chi connectivity index (χ2n) is 9.39. The third-order valence-electron chi connectivity index (χ3n) is 7.18. The number of fused-ring (bicyclic) bond motifs is 1. The molecule has 0 unspecified atom stereocenters. The van der Waals surface area contributed by atoms with Crippen LogP contribution in [0.2, 0.25) is 0 Å². The van der Waals surface area contributed by atoms with E-state index in [-0.39, 0.29) is 5.56 Å². The third kappa shape index (κ3) is 4.11. The van der Waals surface area contributed by atoms with E-state index in [1.54, 1.807) is 0 Å². The maximum atomic E-state index is 12.5. The van der Waals surface area contributed by atoms with Crippen molar-refractivity contribution >= 4 is 5.69 Å². The van der Waals surface area contributed by atoms with Crippen LogP contribution < -0.4 is 10.5 Å². The molecule has 1 N–H and O–H groups in total. The van der Waals surface area contributed by atoms with Crippen LogP contribution in [0.1, 0.15) is 48.3 Å². The molecule has 2 fully saturated rings. The minimum absolute atomic E-state index is 0.128. The van der Waals surface area contributed by atoms with Crippen molar-refractivity contribution in [1.82, 2.24) is 14.9 Å². The van der Waals surface area contributed by atoms with E-state index in [9.17, 15) is 4.79 Å². The zero-order valence-electron chi connectivity index (χ0n) is 17.5. The molecule has 1 aromatic carbocycles. The Morgan fingerprint density at radius 2 is 1.97 bits per heavy atom. The molecular weight excluding hydrogens is 360 g/mol. The Labute approximate surface area is 173 Å². The van der Waals surface area contributed by atoms with Gasteiger partial charge in [-0.1, -0.05) is 12.1 Å². The Kier molecular flexibility index (Phi) is 4.94. The summed E-state index contributed by atoms with van der Waals surface area (Å²) in [5.74, 6) is 0.888. The molecule has 5 rings (SSSR count). The first-order valence-corrected chi connectivity index (χ1v) is 11.3. The van der Waals surface area contributed by atoms with Gasteiger partial charge in [0, 0.05) is 43.9 Å². The van der Waals surface area contributed by atoms with Gasteiger partial charge in [0.2, 0.25) is 0 Å². The van der Waals surface area contributed by atoms with Gasteiger partial charge < -0.3 is 9.88 Å². The molecule has 1 aromatic heterocycles. The minimum Gasteiger partial charge on any atom is -0.369 e. The first-order valence-electron chi connectivity index (χ1n) is 11.3. The van der Waals surface area contributed by atoms with Crippen molar-refractivity contribution in [1.29, 1.82) is 0 Å². The topological polar surface area (TPSA) is 52.2 Å². The number of aromatic amines is 1. The molecule has 29 heavy (non-hydrogen) atoms. The van der Waals surface area contributed by atoms with Crippen LogP contribution in [0.3, 0.4) is 0 Å². The number of benzene rings is 1. The number of rotatable bonds is 5. The van der Waals surface area contributed by atoms with Crippen molar-refractivity contribution in [3.63, 3.8) is 0 Å². The van der Waals surface area contributed by atoms with E-state index < -0.39 is 0 Å². The number of hydrogen-bond donors (Lipinski definition) is 1. The average molecular weight is 393 g/mol. The molecule has 0 amide bonds. The van der Waals surface area contributed by atoms with Crippen molar-refractivity contribution in [3.8, 4) is 0 Å². The summed E-state index contributed by atoms with van der Waals surface area (Å²) in [7, 11) is 0. The molecule has 0 radical (unpaired) electrons. The Hall–Kier alpha value is -2.14. The van der Waals surface area contributed by atoms with Gasteiger partial charge in [-0.25, -0.2) is 4.98 Å². The number of nitrogens with zero attached hydrogens (tertiary/aromatic N) is 3. The molecule has 3 aliphatic rings. The summed E-state index contributed by atoms with van der Waals surface area (Å²) in [5, 5.41) is 0. The Balaban J connectivity index is 1.12. The molecule has 1 saturated carbocycles. The fourth-order valence-electron chi connectivity index (χ4n) is 5.08. The lowest BCUT2D eigenvalue weighted by Crippen LogP contribution is -2.46. The molecule has 2 heterocycles. The summed E-state index contributed by atoms with van der Waals surface area (Å²) in [6.07, 6.45) is 7.68. The second-order valence-corrected chi connectivity index (χ2v) is 9.39. The van der Waals surface area contributed by atoms with E-state index in [0.29, 0.717) is 5.41 Å². The lowest BCUT2D eigenvalue weighted by atomic mass is 9.84. The monoisotopic (exact) mass is 392 g/mol. The number of H-pyrrole nitrogens is 1. The Morgan fingerprint density at radius 1 is 1.14 bits per heavy atom. The molecule has 1 saturated heterocycles. The largest absolute Gasteiger partial charge is 0.369 e. The summed E-state index contributed by atoms with van der Waals surface area (Å²) in [4.78, 5) is 25.5. The van der Waals surface area contributed by atoms with Gasteiger partial charge in [-0.3, -0.25) is 9.69 Å². The normalized spacial score (nSPS) is 20.7. The van der Waals surface area contributed by atoms with Crippen LogP contribution in [0.25, 0.3) is 0 Å².